The minimum Gasteiger partial charge on any atom is -0.478 e. The molecule has 8 nitrogen and oxygen atoms in total. The Balaban J connectivity index is 0.793. The standard InChI is InChI=1S/C78H66N4O4/c1-5-13-61-33-53(17-21-57(61)9-1)41-79-45-69-37-65(25-29-73(69)83-49-79)77(66-26-30-74-70(38-66)46-80(50-84-74)42-54-18-22-58-10-2-6-14-62(58)34-54)78(67-27-31-75-71(39-67)47-81(51-85-75)43-55-19-23-59-11-3-7-15-63(59)35-55)68-28-32-76-72(40-68)48-82(52-86-76)44-56-20-24-60-12-4-8-16-64(60)36-56/h1-40,77-78H,41-52H2. The van der Waals surface area contributed by atoms with Crippen molar-refractivity contribution in [3.63, 3.8) is 0 Å². The molecule has 12 aromatic carbocycles. The Bertz CT molecular complexity index is 3970. The minimum atomic E-state index is -0.134. The summed E-state index contributed by atoms with van der Waals surface area (Å²) in [5.74, 6) is 3.50. The summed E-state index contributed by atoms with van der Waals surface area (Å²) in [4.78, 5) is 9.68. The van der Waals surface area contributed by atoms with Crippen LogP contribution in [0.2, 0.25) is 0 Å². The lowest BCUT2D eigenvalue weighted by molar-refractivity contribution is 0.0884. The summed E-state index contributed by atoms with van der Waals surface area (Å²) in [7, 11) is 0. The molecular weight excluding hydrogens is 1060 g/mol. The van der Waals surface area contributed by atoms with E-state index in [9.17, 15) is 0 Å². The van der Waals surface area contributed by atoms with Crippen LogP contribution >= 0.6 is 0 Å². The first-order valence-electron chi connectivity index (χ1n) is 30.3. The lowest BCUT2D eigenvalue weighted by Crippen LogP contribution is -2.32. The van der Waals surface area contributed by atoms with Crippen LogP contribution in [0.15, 0.2) is 243 Å². The topological polar surface area (TPSA) is 49.9 Å². The summed E-state index contributed by atoms with van der Waals surface area (Å²) >= 11 is 0. The van der Waals surface area contributed by atoms with E-state index in [1.807, 2.05) is 0 Å². The number of benzene rings is 12. The zero-order valence-corrected chi connectivity index (χ0v) is 48.2. The molecule has 0 bridgehead atoms. The molecule has 0 unspecified atom stereocenters. The van der Waals surface area contributed by atoms with Gasteiger partial charge in [0.1, 0.15) is 49.9 Å². The summed E-state index contributed by atoms with van der Waals surface area (Å²) in [5, 5.41) is 10.0. The second-order valence-electron chi connectivity index (χ2n) is 24.2. The molecule has 0 radical (unpaired) electrons. The molecule has 0 aliphatic carbocycles. The predicted octanol–water partition coefficient (Wildman–Crippen LogP) is 16.7. The van der Waals surface area contributed by atoms with Gasteiger partial charge >= 0.3 is 0 Å². The molecule has 12 aromatic rings. The quantitative estimate of drug-likeness (QED) is 0.113. The third kappa shape index (κ3) is 10.7. The summed E-state index contributed by atoms with van der Waals surface area (Å²) in [6, 6.07) is 89.8. The minimum absolute atomic E-state index is 0.134. The Labute approximate surface area is 502 Å². The van der Waals surface area contributed by atoms with Crippen molar-refractivity contribution >= 4 is 43.1 Å². The van der Waals surface area contributed by atoms with Crippen LogP contribution in [0.3, 0.4) is 0 Å². The normalized spacial score (nSPS) is 15.4. The van der Waals surface area contributed by atoms with Crippen molar-refractivity contribution in [1.29, 1.82) is 0 Å². The first-order chi connectivity index (χ1) is 42.5. The molecule has 0 saturated carbocycles. The van der Waals surface area contributed by atoms with E-state index in [0.717, 1.165) is 75.4 Å². The molecule has 16 rings (SSSR count). The van der Waals surface area contributed by atoms with Gasteiger partial charge < -0.3 is 18.9 Å². The van der Waals surface area contributed by atoms with E-state index < -0.39 is 0 Å². The van der Waals surface area contributed by atoms with Gasteiger partial charge in [-0.2, -0.15) is 0 Å². The average molecular weight is 1120 g/mol. The number of hydrogen-bond donors (Lipinski definition) is 0. The number of ether oxygens (including phenoxy) is 4. The first-order valence-corrected chi connectivity index (χ1v) is 30.3. The number of fused-ring (bicyclic) bond motifs is 8. The highest BCUT2D eigenvalue weighted by Gasteiger charge is 2.34. The number of hydrogen-bond acceptors (Lipinski definition) is 8. The summed E-state index contributed by atoms with van der Waals surface area (Å²) in [5.41, 5.74) is 14.8. The van der Waals surface area contributed by atoms with E-state index in [4.69, 9.17) is 18.9 Å². The van der Waals surface area contributed by atoms with Crippen molar-refractivity contribution in [1.82, 2.24) is 19.6 Å². The van der Waals surface area contributed by atoms with Gasteiger partial charge in [0.05, 0.1) is 0 Å². The molecule has 0 spiro atoms. The lowest BCUT2D eigenvalue weighted by atomic mass is 9.72. The van der Waals surface area contributed by atoms with E-state index in [0.29, 0.717) is 26.9 Å². The van der Waals surface area contributed by atoms with Gasteiger partial charge in [-0.3, -0.25) is 19.6 Å². The molecular formula is C78H66N4O4. The molecule has 0 fully saturated rings. The fraction of sp³-hybridized carbons (Fsp3) is 0.179. The maximum Gasteiger partial charge on any atom is 0.142 e. The molecule has 86 heavy (non-hydrogen) atoms. The van der Waals surface area contributed by atoms with Gasteiger partial charge in [0, 0.05) is 86.4 Å². The summed E-state index contributed by atoms with van der Waals surface area (Å²) < 4.78 is 26.7. The molecule has 0 N–H and O–H groups in total. The lowest BCUT2D eigenvalue weighted by Gasteiger charge is -2.35. The van der Waals surface area contributed by atoms with E-state index >= 15 is 0 Å². The zero-order valence-electron chi connectivity index (χ0n) is 48.2. The van der Waals surface area contributed by atoms with Crippen molar-refractivity contribution in [3.05, 3.63) is 309 Å². The Morgan fingerprint density at radius 2 is 0.477 bits per heavy atom. The molecule has 0 saturated heterocycles. The first kappa shape index (κ1) is 52.3. The Kier molecular flexibility index (Phi) is 13.8. The van der Waals surface area contributed by atoms with Crippen molar-refractivity contribution in [3.8, 4) is 23.0 Å². The zero-order chi connectivity index (χ0) is 56.9. The molecule has 0 amide bonds. The molecule has 8 heteroatoms. The third-order valence-corrected chi connectivity index (χ3v) is 18.2. The Morgan fingerprint density at radius 1 is 0.244 bits per heavy atom. The SMILES string of the molecule is c1ccc2cc(CN3COc4ccc(C(c5ccc6c(c5)CN(Cc5ccc7ccccc7c5)CO6)C(c5ccc6c(c5)CN(Cc5ccc7ccccc7c5)CO6)c5ccc6c(c5)CN(Cc5ccc7ccccc7c5)CO6)cc4C3)ccc2c1. The van der Waals surface area contributed by atoms with Crippen LogP contribution < -0.4 is 18.9 Å². The van der Waals surface area contributed by atoms with Gasteiger partial charge in [0.2, 0.25) is 0 Å². The summed E-state index contributed by atoms with van der Waals surface area (Å²) in [6.45, 7) is 8.29. The highest BCUT2D eigenvalue weighted by atomic mass is 16.5. The van der Waals surface area contributed by atoms with Gasteiger partial charge in [0.25, 0.3) is 0 Å². The van der Waals surface area contributed by atoms with Crippen LogP contribution in [-0.4, -0.2) is 46.5 Å². The van der Waals surface area contributed by atoms with Crippen molar-refractivity contribution in [2.75, 3.05) is 26.9 Å². The van der Waals surface area contributed by atoms with Crippen LogP contribution in [0.25, 0.3) is 43.1 Å². The van der Waals surface area contributed by atoms with Gasteiger partial charge in [-0.1, -0.05) is 194 Å². The average Bonchev–Trinajstić information content (AvgIpc) is 2.16. The molecule has 4 aliphatic rings. The number of nitrogens with zero attached hydrogens (tertiary/aromatic N) is 4. The molecule has 0 aromatic heterocycles. The molecule has 4 heterocycles. The van der Waals surface area contributed by atoms with Crippen LogP contribution in [0.5, 0.6) is 23.0 Å². The van der Waals surface area contributed by atoms with E-state index in [-0.39, 0.29) is 11.8 Å². The van der Waals surface area contributed by atoms with Crippen molar-refractivity contribution in [2.24, 2.45) is 0 Å². The predicted molar refractivity (Wildman–Crippen MR) is 344 cm³/mol. The van der Waals surface area contributed by atoms with Gasteiger partial charge in [-0.25, -0.2) is 0 Å². The third-order valence-electron chi connectivity index (χ3n) is 18.2. The van der Waals surface area contributed by atoms with E-state index in [1.54, 1.807) is 0 Å². The summed E-state index contributed by atoms with van der Waals surface area (Å²) in [6.07, 6.45) is 0. The van der Waals surface area contributed by atoms with Crippen molar-refractivity contribution < 1.29 is 18.9 Å². The fourth-order valence-corrected chi connectivity index (χ4v) is 14.0. The Morgan fingerprint density at radius 3 is 0.721 bits per heavy atom. The van der Waals surface area contributed by atoms with Gasteiger partial charge in [-0.15, -0.1) is 0 Å². The Hall–Kier alpha value is -9.28. The largest absolute Gasteiger partial charge is 0.478 e. The molecule has 4 aliphatic heterocycles. The number of rotatable bonds is 13. The molecule has 422 valence electrons. The monoisotopic (exact) mass is 1120 g/mol. The van der Waals surface area contributed by atoms with Crippen LogP contribution in [0.4, 0.5) is 0 Å². The van der Waals surface area contributed by atoms with Crippen LogP contribution in [0.1, 0.15) is 78.6 Å². The van der Waals surface area contributed by atoms with Crippen molar-refractivity contribution in [2.45, 2.75) is 64.2 Å². The van der Waals surface area contributed by atoms with Crippen LogP contribution in [-0.2, 0) is 52.4 Å². The maximum absolute atomic E-state index is 6.66. The second-order valence-corrected chi connectivity index (χ2v) is 24.2. The fourth-order valence-electron chi connectivity index (χ4n) is 14.0. The maximum atomic E-state index is 6.66. The highest BCUT2D eigenvalue weighted by molar-refractivity contribution is 5.85. The van der Waals surface area contributed by atoms with Gasteiger partial charge in [0.15, 0.2) is 0 Å². The van der Waals surface area contributed by atoms with E-state index in [1.165, 1.54) is 110 Å². The smallest absolute Gasteiger partial charge is 0.142 e. The van der Waals surface area contributed by atoms with Crippen LogP contribution in [0, 0.1) is 0 Å². The van der Waals surface area contributed by atoms with Gasteiger partial charge in [-0.05, 0) is 136 Å². The van der Waals surface area contributed by atoms with E-state index in [2.05, 4.69) is 262 Å². The highest BCUT2D eigenvalue weighted by Crippen LogP contribution is 2.48. The second kappa shape index (κ2) is 22.6. The molecule has 0 atom stereocenters.